The molecule has 1 saturated heterocycles. The molecule has 0 saturated carbocycles. The van der Waals surface area contributed by atoms with Gasteiger partial charge in [-0.25, -0.2) is 4.79 Å². The first-order chi connectivity index (χ1) is 5.58. The highest BCUT2D eigenvalue weighted by atomic mass is 16.7. The van der Waals surface area contributed by atoms with E-state index < -0.39 is 11.8 Å². The Balaban J connectivity index is 2.63. The number of hydrogen-bond acceptors (Lipinski definition) is 4. The molecule has 0 aromatic carbocycles. The lowest BCUT2D eigenvalue weighted by Gasteiger charge is -2.32. The summed E-state index contributed by atoms with van der Waals surface area (Å²) in [7, 11) is 1.24. The van der Waals surface area contributed by atoms with Gasteiger partial charge in [0.1, 0.15) is 0 Å². The smallest absolute Gasteiger partial charge is 0.366 e. The Morgan fingerprint density at radius 2 is 2.42 bits per heavy atom. The number of aliphatic hydroxyl groups is 1. The second kappa shape index (κ2) is 3.41. The largest absolute Gasteiger partial charge is 0.465 e. The number of hydrogen-bond donors (Lipinski definition) is 1. The van der Waals surface area contributed by atoms with Gasteiger partial charge in [-0.15, -0.1) is 0 Å². The van der Waals surface area contributed by atoms with Gasteiger partial charge >= 0.3 is 5.97 Å². The summed E-state index contributed by atoms with van der Waals surface area (Å²) in [5, 5.41) is 9.61. The fraction of sp³-hybridized carbons (Fsp3) is 0.875. The number of carbonyl (C=O) groups excluding carboxylic acids is 1. The van der Waals surface area contributed by atoms with Gasteiger partial charge in [0.25, 0.3) is 5.79 Å². The number of methoxy groups -OCH3 is 1. The summed E-state index contributed by atoms with van der Waals surface area (Å²) in [6.07, 6.45) is 1.90. The van der Waals surface area contributed by atoms with Crippen molar-refractivity contribution in [2.75, 3.05) is 7.11 Å². The van der Waals surface area contributed by atoms with Crippen LogP contribution in [-0.2, 0) is 14.3 Å². The van der Waals surface area contributed by atoms with Crippen LogP contribution in [0.1, 0.15) is 26.2 Å². The molecule has 2 unspecified atom stereocenters. The number of esters is 1. The molecule has 0 spiro atoms. The van der Waals surface area contributed by atoms with Gasteiger partial charge in [0.05, 0.1) is 13.2 Å². The molecule has 0 aromatic heterocycles. The van der Waals surface area contributed by atoms with Gasteiger partial charge in [0.15, 0.2) is 0 Å². The van der Waals surface area contributed by atoms with E-state index in [0.717, 1.165) is 12.8 Å². The summed E-state index contributed by atoms with van der Waals surface area (Å²) in [5.74, 6) is -2.40. The van der Waals surface area contributed by atoms with Crippen molar-refractivity contribution in [3.8, 4) is 0 Å². The average molecular weight is 174 g/mol. The standard InChI is InChI=1S/C8H14O4/c1-6-4-3-5-8(10,12-6)7(9)11-2/h6,10H,3-5H2,1-2H3. The normalized spacial score (nSPS) is 36.1. The second-order valence-corrected chi connectivity index (χ2v) is 3.10. The predicted molar refractivity (Wildman–Crippen MR) is 41.4 cm³/mol. The van der Waals surface area contributed by atoms with Crippen molar-refractivity contribution < 1.29 is 19.4 Å². The first kappa shape index (κ1) is 9.48. The van der Waals surface area contributed by atoms with E-state index in [1.807, 2.05) is 6.92 Å². The zero-order valence-corrected chi connectivity index (χ0v) is 7.37. The highest BCUT2D eigenvalue weighted by molar-refractivity contribution is 5.77. The van der Waals surface area contributed by atoms with Crippen LogP contribution in [0, 0.1) is 0 Å². The van der Waals surface area contributed by atoms with Crippen LogP contribution in [0.3, 0.4) is 0 Å². The lowest BCUT2D eigenvalue weighted by Crippen LogP contribution is -2.47. The third kappa shape index (κ3) is 1.76. The Morgan fingerprint density at radius 1 is 1.75 bits per heavy atom. The van der Waals surface area contributed by atoms with Crippen molar-refractivity contribution >= 4 is 5.97 Å². The maximum absolute atomic E-state index is 11.0. The summed E-state index contributed by atoms with van der Waals surface area (Å²) in [6, 6.07) is 0. The molecule has 1 fully saturated rings. The Kier molecular flexibility index (Phi) is 2.69. The third-order valence-electron chi connectivity index (χ3n) is 2.03. The van der Waals surface area contributed by atoms with Crippen LogP contribution in [0.25, 0.3) is 0 Å². The van der Waals surface area contributed by atoms with Crippen molar-refractivity contribution in [2.45, 2.75) is 38.1 Å². The maximum atomic E-state index is 11.0. The first-order valence-electron chi connectivity index (χ1n) is 4.07. The van der Waals surface area contributed by atoms with Crippen molar-refractivity contribution in [2.24, 2.45) is 0 Å². The summed E-state index contributed by atoms with van der Waals surface area (Å²) in [6.45, 7) is 1.83. The van der Waals surface area contributed by atoms with E-state index in [1.54, 1.807) is 0 Å². The quantitative estimate of drug-likeness (QED) is 0.586. The maximum Gasteiger partial charge on any atom is 0.366 e. The second-order valence-electron chi connectivity index (χ2n) is 3.10. The van der Waals surface area contributed by atoms with Gasteiger partial charge in [-0.1, -0.05) is 0 Å². The van der Waals surface area contributed by atoms with E-state index in [4.69, 9.17) is 4.74 Å². The van der Waals surface area contributed by atoms with Crippen LogP contribution < -0.4 is 0 Å². The molecular weight excluding hydrogens is 160 g/mol. The Labute approximate surface area is 71.5 Å². The van der Waals surface area contributed by atoms with Crippen LogP contribution in [0.2, 0.25) is 0 Å². The Bertz CT molecular complexity index is 180. The van der Waals surface area contributed by atoms with Crippen LogP contribution >= 0.6 is 0 Å². The molecule has 1 rings (SSSR count). The van der Waals surface area contributed by atoms with Crippen molar-refractivity contribution in [1.29, 1.82) is 0 Å². The highest BCUT2D eigenvalue weighted by Crippen LogP contribution is 2.27. The molecule has 4 heteroatoms. The minimum Gasteiger partial charge on any atom is -0.465 e. The number of rotatable bonds is 1. The van der Waals surface area contributed by atoms with E-state index in [0.29, 0.717) is 6.42 Å². The van der Waals surface area contributed by atoms with E-state index >= 15 is 0 Å². The Hall–Kier alpha value is -0.610. The molecule has 1 aliphatic rings. The Morgan fingerprint density at radius 3 is 2.92 bits per heavy atom. The fourth-order valence-electron chi connectivity index (χ4n) is 1.39. The third-order valence-corrected chi connectivity index (χ3v) is 2.03. The SMILES string of the molecule is COC(=O)C1(O)CCCC(C)O1. The molecule has 0 aromatic rings. The molecule has 0 aliphatic carbocycles. The molecule has 0 radical (unpaired) electrons. The van der Waals surface area contributed by atoms with Gasteiger partial charge in [-0.3, -0.25) is 0 Å². The van der Waals surface area contributed by atoms with Gasteiger partial charge in [-0.2, -0.15) is 0 Å². The summed E-state index contributed by atoms with van der Waals surface area (Å²) in [5.41, 5.74) is 0. The fourth-order valence-corrected chi connectivity index (χ4v) is 1.39. The first-order valence-corrected chi connectivity index (χ1v) is 4.07. The zero-order valence-electron chi connectivity index (χ0n) is 7.37. The van der Waals surface area contributed by atoms with E-state index in [-0.39, 0.29) is 6.10 Å². The molecular formula is C8H14O4. The minimum absolute atomic E-state index is 0.0807. The van der Waals surface area contributed by atoms with E-state index in [9.17, 15) is 9.90 Å². The zero-order chi connectivity index (χ0) is 9.19. The van der Waals surface area contributed by atoms with Crippen molar-refractivity contribution in [1.82, 2.24) is 0 Å². The van der Waals surface area contributed by atoms with Crippen LogP contribution in [-0.4, -0.2) is 30.1 Å². The van der Waals surface area contributed by atoms with E-state index in [1.165, 1.54) is 7.11 Å². The van der Waals surface area contributed by atoms with Crippen LogP contribution in [0.15, 0.2) is 0 Å². The van der Waals surface area contributed by atoms with Gasteiger partial charge in [0, 0.05) is 6.42 Å². The van der Waals surface area contributed by atoms with Crippen molar-refractivity contribution in [3.63, 3.8) is 0 Å². The molecule has 2 atom stereocenters. The summed E-state index contributed by atoms with van der Waals surface area (Å²) < 4.78 is 9.53. The van der Waals surface area contributed by atoms with Gasteiger partial charge in [-0.05, 0) is 19.8 Å². The molecule has 12 heavy (non-hydrogen) atoms. The van der Waals surface area contributed by atoms with Gasteiger partial charge < -0.3 is 14.6 Å². The summed E-state index contributed by atoms with van der Waals surface area (Å²) in [4.78, 5) is 11.0. The molecule has 1 heterocycles. The van der Waals surface area contributed by atoms with Crippen LogP contribution in [0.4, 0.5) is 0 Å². The molecule has 4 nitrogen and oxygen atoms in total. The van der Waals surface area contributed by atoms with Gasteiger partial charge in [0.2, 0.25) is 0 Å². The molecule has 0 amide bonds. The van der Waals surface area contributed by atoms with Crippen molar-refractivity contribution in [3.05, 3.63) is 0 Å². The highest BCUT2D eigenvalue weighted by Gasteiger charge is 2.42. The lowest BCUT2D eigenvalue weighted by atomic mass is 10.0. The van der Waals surface area contributed by atoms with Crippen LogP contribution in [0.5, 0.6) is 0 Å². The topological polar surface area (TPSA) is 55.8 Å². The number of ether oxygens (including phenoxy) is 2. The molecule has 1 aliphatic heterocycles. The lowest BCUT2D eigenvalue weighted by molar-refractivity contribution is -0.255. The number of carbonyl (C=O) groups is 1. The minimum atomic E-state index is -1.70. The summed E-state index contributed by atoms with van der Waals surface area (Å²) >= 11 is 0. The average Bonchev–Trinajstić information content (AvgIpc) is 2.02. The molecule has 0 bridgehead atoms. The molecule has 70 valence electrons. The monoisotopic (exact) mass is 174 g/mol. The predicted octanol–water partition coefficient (Wildman–Crippen LogP) is 0.437. The van der Waals surface area contributed by atoms with E-state index in [2.05, 4.69) is 4.74 Å². The molecule has 1 N–H and O–H groups in total.